The third kappa shape index (κ3) is 12.9. The molecule has 3 aromatic carbocycles. The molecule has 2 heterocycles. The van der Waals surface area contributed by atoms with E-state index >= 15 is 0 Å². The fraction of sp³-hybridized carbons (Fsp3) is 0.442. The Hall–Kier alpha value is -6.32. The average molecular weight is 875 g/mol. The topological polar surface area (TPSA) is 296 Å². The third-order valence-corrected chi connectivity index (χ3v) is 10.4. The average Bonchev–Trinajstić information content (AvgIpc) is 3.26. The Labute approximate surface area is 362 Å². The SMILES string of the molecule is CC(=O)N[C@@H]1[C@H](OCc2ccccc2)O[C@@H](CO)[C@@H](O)[C@@H]1OC(C)C(=O)N[C@@H](C)C(=O)N[C@H](CCC(=O)NCCCCNc1c2ccccc2nc2cccc([N+](=O)[O-])c12)C(N)=O. The number of hydrogen-bond acceptors (Lipinski definition) is 14. The van der Waals surface area contributed by atoms with Gasteiger partial charge in [-0.1, -0.05) is 54.6 Å². The molecule has 8 atom stereocenters. The van der Waals surface area contributed by atoms with Crippen LogP contribution in [-0.2, 0) is 44.8 Å². The van der Waals surface area contributed by atoms with Crippen LogP contribution in [0.1, 0.15) is 52.0 Å². The summed E-state index contributed by atoms with van der Waals surface area (Å²) in [4.78, 5) is 79.5. The zero-order valence-corrected chi connectivity index (χ0v) is 35.2. The number of unbranched alkanes of at least 4 members (excludes halogenated alkanes) is 1. The summed E-state index contributed by atoms with van der Waals surface area (Å²) in [5.41, 5.74) is 8.05. The van der Waals surface area contributed by atoms with E-state index in [4.69, 9.17) is 19.9 Å². The first-order valence-electron chi connectivity index (χ1n) is 20.6. The highest BCUT2D eigenvalue weighted by molar-refractivity contribution is 6.11. The van der Waals surface area contributed by atoms with Crippen LogP contribution in [-0.4, -0.2) is 118 Å². The molecule has 1 saturated heterocycles. The van der Waals surface area contributed by atoms with Gasteiger partial charge in [0.2, 0.25) is 29.5 Å². The Morgan fingerprint density at radius 2 is 1.63 bits per heavy atom. The number of carbonyl (C=O) groups is 5. The Morgan fingerprint density at radius 3 is 2.33 bits per heavy atom. The molecular formula is C43H54N8O12. The first kappa shape index (κ1) is 47.7. The van der Waals surface area contributed by atoms with E-state index in [9.17, 15) is 44.3 Å². The minimum absolute atomic E-state index is 0.0586. The van der Waals surface area contributed by atoms with Crippen LogP contribution in [0.25, 0.3) is 21.8 Å². The Bertz CT molecular complexity index is 2250. The molecule has 0 bridgehead atoms. The van der Waals surface area contributed by atoms with Crippen molar-refractivity contribution in [1.29, 1.82) is 0 Å². The van der Waals surface area contributed by atoms with Gasteiger partial charge in [-0.2, -0.15) is 0 Å². The molecule has 20 heteroatoms. The monoisotopic (exact) mass is 874 g/mol. The highest BCUT2D eigenvalue weighted by atomic mass is 16.7. The third-order valence-electron chi connectivity index (χ3n) is 10.4. The minimum Gasteiger partial charge on any atom is -0.394 e. The van der Waals surface area contributed by atoms with E-state index in [1.807, 2.05) is 54.6 Å². The van der Waals surface area contributed by atoms with E-state index in [2.05, 4.69) is 31.6 Å². The van der Waals surface area contributed by atoms with E-state index in [0.717, 1.165) is 10.9 Å². The molecule has 0 aliphatic carbocycles. The van der Waals surface area contributed by atoms with Crippen LogP contribution in [0.5, 0.6) is 0 Å². The van der Waals surface area contributed by atoms with E-state index in [1.54, 1.807) is 12.1 Å². The normalized spacial score (nSPS) is 19.9. The number of aromatic nitrogens is 1. The number of ether oxygens (including phenoxy) is 3. The number of carbonyl (C=O) groups excluding carboxylic acids is 5. The van der Waals surface area contributed by atoms with Crippen molar-refractivity contribution >= 4 is 62.7 Å². The number of nitro groups is 1. The van der Waals surface area contributed by atoms with Gasteiger partial charge in [-0.25, -0.2) is 4.98 Å². The quantitative estimate of drug-likeness (QED) is 0.0240. The first-order valence-corrected chi connectivity index (χ1v) is 20.6. The van der Waals surface area contributed by atoms with Gasteiger partial charge in [-0.15, -0.1) is 0 Å². The van der Waals surface area contributed by atoms with Crippen molar-refractivity contribution in [3.05, 3.63) is 88.5 Å². The van der Waals surface area contributed by atoms with Gasteiger partial charge in [-0.05, 0) is 50.8 Å². The second kappa shape index (κ2) is 22.7. The Morgan fingerprint density at radius 1 is 0.937 bits per heavy atom. The van der Waals surface area contributed by atoms with E-state index in [1.165, 1.54) is 26.8 Å². The first-order chi connectivity index (χ1) is 30.2. The van der Waals surface area contributed by atoms with Gasteiger partial charge in [0, 0.05) is 37.9 Å². The summed E-state index contributed by atoms with van der Waals surface area (Å²) >= 11 is 0. The lowest BCUT2D eigenvalue weighted by molar-refractivity contribution is -0.383. The number of anilines is 1. The number of nitrogens with zero attached hydrogens (tertiary/aromatic N) is 2. The molecule has 5 rings (SSSR count). The number of pyridine rings is 1. The van der Waals surface area contributed by atoms with Crippen LogP contribution >= 0.6 is 0 Å². The summed E-state index contributed by atoms with van der Waals surface area (Å²) in [6, 6.07) is 17.6. The number of para-hydroxylation sites is 1. The molecule has 63 heavy (non-hydrogen) atoms. The maximum Gasteiger partial charge on any atom is 0.280 e. The lowest BCUT2D eigenvalue weighted by Crippen LogP contribution is -2.66. The number of nitrogens with two attached hydrogens (primary N) is 1. The maximum atomic E-state index is 13.3. The predicted octanol–water partition coefficient (Wildman–Crippen LogP) is 1.43. The maximum absolute atomic E-state index is 13.3. The number of aliphatic hydroxyl groups excluding tert-OH is 2. The van der Waals surface area contributed by atoms with Crippen LogP contribution in [0.4, 0.5) is 11.4 Å². The van der Waals surface area contributed by atoms with Crippen molar-refractivity contribution in [3.63, 3.8) is 0 Å². The van der Waals surface area contributed by atoms with Crippen LogP contribution in [0.3, 0.4) is 0 Å². The molecule has 1 aliphatic heterocycles. The van der Waals surface area contributed by atoms with Crippen LogP contribution in [0, 0.1) is 10.1 Å². The van der Waals surface area contributed by atoms with E-state index < -0.39 is 84.0 Å². The molecule has 338 valence electrons. The predicted molar refractivity (Wildman–Crippen MR) is 230 cm³/mol. The molecule has 1 fully saturated rings. The largest absolute Gasteiger partial charge is 0.394 e. The van der Waals surface area contributed by atoms with Crippen molar-refractivity contribution < 1.29 is 53.3 Å². The standard InChI is InChI=1S/C43H54N8O12/c1-24(47-42(58)25(2)62-39-37(48-26(3)53)43(63-33(22-52)38(39)55)61-23-27-12-5-4-6-13-27)41(57)50-31(40(44)56)18-19-34(54)45-20-9-10-21-46-36-28-14-7-8-15-29(28)49-30-16-11-17-32(35(30)36)51(59)60/h4-8,11-17,24-25,31,33,37-39,43,52,55H,9-10,18-23H2,1-3H3,(H2,44,56)(H,45,54)(H,46,49)(H,47,58)(H,48,53)(H,50,57)/t24-,25?,31+,33-,37-,38+,39+,43+/m0/s1. The number of fused-ring (bicyclic) bond motifs is 2. The van der Waals surface area contributed by atoms with Gasteiger partial charge >= 0.3 is 0 Å². The zero-order chi connectivity index (χ0) is 45.6. The Balaban J connectivity index is 1.07. The molecule has 1 unspecified atom stereocenters. The van der Waals surface area contributed by atoms with Gasteiger partial charge in [-0.3, -0.25) is 34.1 Å². The number of benzene rings is 3. The smallest absolute Gasteiger partial charge is 0.280 e. The summed E-state index contributed by atoms with van der Waals surface area (Å²) in [5.74, 6) is -3.34. The van der Waals surface area contributed by atoms with Gasteiger partial charge in [0.15, 0.2) is 6.29 Å². The molecule has 1 aromatic heterocycles. The summed E-state index contributed by atoms with van der Waals surface area (Å²) in [5, 5.41) is 47.7. The summed E-state index contributed by atoms with van der Waals surface area (Å²) in [6.07, 6.45) is -5.60. The van der Waals surface area contributed by atoms with Crippen molar-refractivity contribution in [2.24, 2.45) is 5.73 Å². The van der Waals surface area contributed by atoms with Gasteiger partial charge in [0.05, 0.1) is 34.9 Å². The lowest BCUT2D eigenvalue weighted by Gasteiger charge is -2.44. The number of non-ortho nitro benzene ring substituents is 1. The number of nitro benzene ring substituents is 1. The molecular weight excluding hydrogens is 821 g/mol. The second-order valence-corrected chi connectivity index (χ2v) is 15.1. The molecule has 20 nitrogen and oxygen atoms in total. The molecule has 0 saturated carbocycles. The molecule has 1 aliphatic rings. The van der Waals surface area contributed by atoms with Gasteiger partial charge < -0.3 is 56.7 Å². The van der Waals surface area contributed by atoms with Gasteiger partial charge in [0.25, 0.3) is 5.69 Å². The van der Waals surface area contributed by atoms with Gasteiger partial charge in [0.1, 0.15) is 47.9 Å². The number of primary amides is 1. The van der Waals surface area contributed by atoms with Crippen molar-refractivity contribution in [1.82, 2.24) is 26.3 Å². The minimum atomic E-state index is -1.50. The number of aliphatic hydroxyl groups is 2. The summed E-state index contributed by atoms with van der Waals surface area (Å²) < 4.78 is 17.6. The number of rotatable bonds is 22. The molecule has 9 N–H and O–H groups in total. The summed E-state index contributed by atoms with van der Waals surface area (Å²) in [6.45, 7) is 4.14. The van der Waals surface area contributed by atoms with Crippen molar-refractivity contribution in [3.8, 4) is 0 Å². The van der Waals surface area contributed by atoms with Crippen LogP contribution in [0.2, 0.25) is 0 Å². The van der Waals surface area contributed by atoms with Crippen molar-refractivity contribution in [2.45, 2.75) is 102 Å². The Kier molecular flexibility index (Phi) is 17.2. The molecule has 0 spiro atoms. The van der Waals surface area contributed by atoms with Crippen LogP contribution < -0.4 is 32.3 Å². The molecule has 0 radical (unpaired) electrons. The highest BCUT2D eigenvalue weighted by Crippen LogP contribution is 2.36. The van der Waals surface area contributed by atoms with E-state index in [-0.39, 0.29) is 31.0 Å². The molecule has 4 aromatic rings. The second-order valence-electron chi connectivity index (χ2n) is 15.1. The fourth-order valence-corrected chi connectivity index (χ4v) is 7.10. The lowest BCUT2D eigenvalue weighted by atomic mass is 9.96. The number of hydrogen-bond donors (Lipinski definition) is 8. The van der Waals surface area contributed by atoms with E-state index in [0.29, 0.717) is 48.0 Å². The van der Waals surface area contributed by atoms with Crippen LogP contribution in [0.15, 0.2) is 72.8 Å². The number of nitrogens with one attached hydrogen (secondary N) is 5. The zero-order valence-electron chi connectivity index (χ0n) is 35.2. The summed E-state index contributed by atoms with van der Waals surface area (Å²) in [7, 11) is 0. The highest BCUT2D eigenvalue weighted by Gasteiger charge is 2.48. The fourth-order valence-electron chi connectivity index (χ4n) is 7.10. The number of amides is 5. The van der Waals surface area contributed by atoms with Crippen molar-refractivity contribution in [2.75, 3.05) is 25.0 Å². The molecule has 5 amide bonds.